The minimum Gasteiger partial charge on any atom is -0.324 e. The summed E-state index contributed by atoms with van der Waals surface area (Å²) in [5, 5.41) is 5.95. The van der Waals surface area contributed by atoms with Gasteiger partial charge in [0, 0.05) is 5.69 Å². The molecule has 0 heterocycles. The number of nitrogens with one attached hydrogen (secondary N) is 2. The molecule has 0 aromatic heterocycles. The van der Waals surface area contributed by atoms with Gasteiger partial charge >= 0.3 is 0 Å². The summed E-state index contributed by atoms with van der Waals surface area (Å²) in [6, 6.07) is 9.54. The maximum absolute atomic E-state index is 11.8. The van der Waals surface area contributed by atoms with Crippen LogP contribution in [0.1, 0.15) is 12.8 Å². The Balaban J connectivity index is 2.02. The van der Waals surface area contributed by atoms with Crippen molar-refractivity contribution in [3.63, 3.8) is 0 Å². The van der Waals surface area contributed by atoms with Gasteiger partial charge in [-0.25, -0.2) is 0 Å². The predicted octanol–water partition coefficient (Wildman–Crippen LogP) is 1.38. The quantitative estimate of drug-likeness (QED) is 0.756. The topological polar surface area (TPSA) is 41.1 Å². The van der Waals surface area contributed by atoms with Crippen molar-refractivity contribution in [3.8, 4) is 0 Å². The number of para-hydroxylation sites is 1. The highest BCUT2D eigenvalue weighted by atomic mass is 16.2. The molecule has 0 radical (unpaired) electrons. The van der Waals surface area contributed by atoms with Crippen LogP contribution < -0.4 is 10.6 Å². The molecule has 0 spiro atoms. The molecule has 1 amide bonds. The number of amides is 1. The molecule has 1 saturated carbocycles. The second-order valence-electron chi connectivity index (χ2n) is 3.65. The third-order valence-electron chi connectivity index (χ3n) is 2.69. The third kappa shape index (κ3) is 1.63. The first-order valence-corrected chi connectivity index (χ1v) is 4.82. The molecule has 0 saturated heterocycles. The normalized spacial score (nSPS) is 17.5. The summed E-state index contributed by atoms with van der Waals surface area (Å²) < 4.78 is 0. The number of hydrogen-bond acceptors (Lipinski definition) is 2. The van der Waals surface area contributed by atoms with Crippen molar-refractivity contribution in [2.45, 2.75) is 18.4 Å². The van der Waals surface area contributed by atoms with Gasteiger partial charge in [0.15, 0.2) is 0 Å². The van der Waals surface area contributed by atoms with Crippen molar-refractivity contribution >= 4 is 11.6 Å². The van der Waals surface area contributed by atoms with Crippen molar-refractivity contribution < 1.29 is 4.79 Å². The highest BCUT2D eigenvalue weighted by molar-refractivity contribution is 6.00. The van der Waals surface area contributed by atoms with E-state index in [9.17, 15) is 4.79 Å². The van der Waals surface area contributed by atoms with Gasteiger partial charge in [-0.3, -0.25) is 4.79 Å². The molecule has 3 heteroatoms. The van der Waals surface area contributed by atoms with E-state index in [0.717, 1.165) is 18.5 Å². The van der Waals surface area contributed by atoms with E-state index in [2.05, 4.69) is 10.6 Å². The molecule has 1 aliphatic rings. The van der Waals surface area contributed by atoms with Crippen molar-refractivity contribution in [3.05, 3.63) is 30.3 Å². The van der Waals surface area contributed by atoms with Crippen LogP contribution >= 0.6 is 0 Å². The lowest BCUT2D eigenvalue weighted by Crippen LogP contribution is -2.40. The molecule has 1 aliphatic carbocycles. The van der Waals surface area contributed by atoms with Crippen LogP contribution in [0.25, 0.3) is 0 Å². The van der Waals surface area contributed by atoms with Gasteiger partial charge < -0.3 is 10.6 Å². The summed E-state index contributed by atoms with van der Waals surface area (Å²) in [6.45, 7) is 0. The maximum Gasteiger partial charge on any atom is 0.244 e. The Labute approximate surface area is 83.5 Å². The van der Waals surface area contributed by atoms with Gasteiger partial charge in [-0.2, -0.15) is 0 Å². The minimum absolute atomic E-state index is 0.0752. The van der Waals surface area contributed by atoms with Gasteiger partial charge in [0.05, 0.1) is 5.54 Å². The van der Waals surface area contributed by atoms with Gasteiger partial charge in [-0.05, 0) is 32.0 Å². The SMILES string of the molecule is CNC1(C(=O)Nc2ccccc2)CC1. The molecule has 0 bridgehead atoms. The van der Waals surface area contributed by atoms with E-state index < -0.39 is 0 Å². The maximum atomic E-state index is 11.8. The molecule has 0 atom stereocenters. The summed E-state index contributed by atoms with van der Waals surface area (Å²) in [5.41, 5.74) is 0.564. The summed E-state index contributed by atoms with van der Waals surface area (Å²) >= 11 is 0. The van der Waals surface area contributed by atoms with E-state index in [1.54, 1.807) is 0 Å². The zero-order chi connectivity index (χ0) is 10.0. The predicted molar refractivity (Wildman–Crippen MR) is 56.1 cm³/mol. The van der Waals surface area contributed by atoms with Crippen molar-refractivity contribution in [2.75, 3.05) is 12.4 Å². The first-order valence-electron chi connectivity index (χ1n) is 4.82. The lowest BCUT2D eigenvalue weighted by atomic mass is 10.2. The first kappa shape index (κ1) is 9.21. The van der Waals surface area contributed by atoms with Gasteiger partial charge in [0.2, 0.25) is 5.91 Å². The van der Waals surface area contributed by atoms with Crippen molar-refractivity contribution in [2.24, 2.45) is 0 Å². The number of carbonyl (C=O) groups is 1. The second kappa shape index (κ2) is 3.42. The largest absolute Gasteiger partial charge is 0.324 e. The molecule has 1 aromatic carbocycles. The van der Waals surface area contributed by atoms with E-state index >= 15 is 0 Å². The van der Waals surface area contributed by atoms with Crippen LogP contribution in [0.2, 0.25) is 0 Å². The van der Waals surface area contributed by atoms with Gasteiger partial charge in [-0.15, -0.1) is 0 Å². The van der Waals surface area contributed by atoms with E-state index in [1.165, 1.54) is 0 Å². The van der Waals surface area contributed by atoms with Crippen LogP contribution in [-0.4, -0.2) is 18.5 Å². The fourth-order valence-electron chi connectivity index (χ4n) is 1.49. The number of hydrogen-bond donors (Lipinski definition) is 2. The van der Waals surface area contributed by atoms with Crippen LogP contribution in [0, 0.1) is 0 Å². The molecule has 2 rings (SSSR count). The summed E-state index contributed by atoms with van der Waals surface area (Å²) in [4.78, 5) is 11.8. The summed E-state index contributed by atoms with van der Waals surface area (Å²) in [7, 11) is 1.83. The number of likely N-dealkylation sites (N-methyl/N-ethyl adjacent to an activating group) is 1. The molecule has 2 N–H and O–H groups in total. The number of rotatable bonds is 3. The smallest absolute Gasteiger partial charge is 0.244 e. The van der Waals surface area contributed by atoms with E-state index in [0.29, 0.717) is 0 Å². The van der Waals surface area contributed by atoms with Crippen molar-refractivity contribution in [1.82, 2.24) is 5.32 Å². The van der Waals surface area contributed by atoms with Crippen molar-refractivity contribution in [1.29, 1.82) is 0 Å². The first-order chi connectivity index (χ1) is 6.77. The fourth-order valence-corrected chi connectivity index (χ4v) is 1.49. The van der Waals surface area contributed by atoms with Crippen LogP contribution in [0.3, 0.4) is 0 Å². The number of anilines is 1. The van der Waals surface area contributed by atoms with Gasteiger partial charge in [-0.1, -0.05) is 18.2 Å². The molecule has 0 unspecified atom stereocenters. The monoisotopic (exact) mass is 190 g/mol. The summed E-state index contributed by atoms with van der Waals surface area (Å²) in [5.74, 6) is 0.0752. The van der Waals surface area contributed by atoms with E-state index in [4.69, 9.17) is 0 Å². The summed E-state index contributed by atoms with van der Waals surface area (Å²) in [6.07, 6.45) is 1.87. The van der Waals surface area contributed by atoms with Crippen LogP contribution in [-0.2, 0) is 4.79 Å². The molecule has 1 fully saturated rings. The fraction of sp³-hybridized carbons (Fsp3) is 0.364. The minimum atomic E-state index is -0.296. The molecule has 74 valence electrons. The zero-order valence-electron chi connectivity index (χ0n) is 8.21. The highest BCUT2D eigenvalue weighted by Crippen LogP contribution is 2.35. The van der Waals surface area contributed by atoms with Gasteiger partial charge in [0.25, 0.3) is 0 Å². The molecule has 1 aromatic rings. The van der Waals surface area contributed by atoms with Gasteiger partial charge in [0.1, 0.15) is 0 Å². The van der Waals surface area contributed by atoms with Crippen LogP contribution in [0.15, 0.2) is 30.3 Å². The zero-order valence-corrected chi connectivity index (χ0v) is 8.21. The molecule has 14 heavy (non-hydrogen) atoms. The average Bonchev–Trinajstić information content (AvgIpc) is 3.00. The lowest BCUT2D eigenvalue weighted by Gasteiger charge is -2.13. The number of carbonyl (C=O) groups excluding carboxylic acids is 1. The standard InChI is InChI=1S/C11H14N2O/c1-12-11(7-8-11)10(14)13-9-5-3-2-4-6-9/h2-6,12H,7-8H2,1H3,(H,13,14). The highest BCUT2D eigenvalue weighted by Gasteiger charge is 2.48. The Morgan fingerprint density at radius 3 is 2.43 bits per heavy atom. The average molecular weight is 190 g/mol. The third-order valence-corrected chi connectivity index (χ3v) is 2.69. The molecule has 0 aliphatic heterocycles. The second-order valence-corrected chi connectivity index (χ2v) is 3.65. The van der Waals surface area contributed by atoms with Crippen LogP contribution in [0.4, 0.5) is 5.69 Å². The number of benzene rings is 1. The van der Waals surface area contributed by atoms with Crippen LogP contribution in [0.5, 0.6) is 0 Å². The Morgan fingerprint density at radius 2 is 1.93 bits per heavy atom. The Hall–Kier alpha value is -1.35. The Kier molecular flexibility index (Phi) is 2.25. The lowest BCUT2D eigenvalue weighted by molar-refractivity contribution is -0.118. The Bertz CT molecular complexity index is 330. The molecular formula is C11H14N2O. The Morgan fingerprint density at radius 1 is 1.29 bits per heavy atom. The molecule has 3 nitrogen and oxygen atoms in total. The van der Waals surface area contributed by atoms with E-state index in [-0.39, 0.29) is 11.4 Å². The van der Waals surface area contributed by atoms with E-state index in [1.807, 2.05) is 37.4 Å². The molecular weight excluding hydrogens is 176 g/mol.